The van der Waals surface area contributed by atoms with Crippen molar-refractivity contribution in [2.24, 2.45) is 0 Å². The zero-order valence-electron chi connectivity index (χ0n) is 16.5. The Balaban J connectivity index is 1.60. The third-order valence-corrected chi connectivity index (χ3v) is 4.66. The summed E-state index contributed by atoms with van der Waals surface area (Å²) < 4.78 is 18.5. The number of halogens is 1. The molecule has 0 aliphatic heterocycles. The van der Waals surface area contributed by atoms with E-state index in [0.29, 0.717) is 24.3 Å². The Morgan fingerprint density at radius 1 is 0.967 bits per heavy atom. The second kappa shape index (κ2) is 8.69. The summed E-state index contributed by atoms with van der Waals surface area (Å²) in [6, 6.07) is 22.9. The van der Waals surface area contributed by atoms with E-state index in [1.54, 1.807) is 23.1 Å². The Kier molecular flexibility index (Phi) is 5.66. The molecule has 0 saturated carbocycles. The Morgan fingerprint density at radius 3 is 2.47 bits per heavy atom. The van der Waals surface area contributed by atoms with E-state index < -0.39 is 0 Å². The van der Waals surface area contributed by atoms with Crippen molar-refractivity contribution in [1.29, 1.82) is 0 Å². The maximum absolute atomic E-state index is 13.2. The van der Waals surface area contributed by atoms with Gasteiger partial charge in [0.25, 0.3) is 5.91 Å². The average Bonchev–Trinajstić information content (AvgIpc) is 3.24. The third-order valence-electron chi connectivity index (χ3n) is 4.66. The molecule has 0 bridgehead atoms. The summed E-state index contributed by atoms with van der Waals surface area (Å²) >= 11 is 0. The molecular formula is C24H20FN3O2. The number of carbonyl (C=O) groups excluding carboxylic acids is 1. The van der Waals surface area contributed by atoms with Gasteiger partial charge in [0.15, 0.2) is 0 Å². The number of aromatic nitrogens is 2. The molecule has 0 radical (unpaired) electrons. The highest BCUT2D eigenvalue weighted by Crippen LogP contribution is 2.21. The molecule has 0 aliphatic rings. The molecule has 0 N–H and O–H groups in total. The van der Waals surface area contributed by atoms with Crippen molar-refractivity contribution < 1.29 is 13.7 Å². The van der Waals surface area contributed by atoms with E-state index in [1.807, 2.05) is 55.5 Å². The van der Waals surface area contributed by atoms with Crippen molar-refractivity contribution in [3.8, 4) is 11.3 Å². The van der Waals surface area contributed by atoms with Gasteiger partial charge < -0.3 is 9.42 Å². The number of nitrogens with zero attached hydrogens (tertiary/aromatic N) is 3. The lowest BCUT2D eigenvalue weighted by Crippen LogP contribution is -2.30. The van der Waals surface area contributed by atoms with E-state index in [2.05, 4.69) is 10.1 Å². The molecule has 150 valence electrons. The Hall–Kier alpha value is -3.80. The van der Waals surface area contributed by atoms with Gasteiger partial charge in [0.2, 0.25) is 5.76 Å². The number of benzene rings is 2. The largest absolute Gasteiger partial charge is 0.350 e. The predicted octanol–water partition coefficient (Wildman–Crippen LogP) is 5.03. The van der Waals surface area contributed by atoms with Gasteiger partial charge in [0.1, 0.15) is 11.5 Å². The first kappa shape index (κ1) is 19.5. The van der Waals surface area contributed by atoms with Gasteiger partial charge in [-0.2, -0.15) is 0 Å². The molecule has 4 rings (SSSR count). The number of hydrogen-bond donors (Lipinski definition) is 0. The highest BCUT2D eigenvalue weighted by atomic mass is 19.1. The fourth-order valence-electron chi connectivity index (χ4n) is 3.17. The molecule has 5 nitrogen and oxygen atoms in total. The highest BCUT2D eigenvalue weighted by Gasteiger charge is 2.22. The summed E-state index contributed by atoms with van der Waals surface area (Å²) in [5.74, 6) is -0.501. The van der Waals surface area contributed by atoms with Gasteiger partial charge >= 0.3 is 0 Å². The topological polar surface area (TPSA) is 59.2 Å². The lowest BCUT2D eigenvalue weighted by molar-refractivity contribution is 0.0685. The Labute approximate surface area is 173 Å². The van der Waals surface area contributed by atoms with E-state index in [1.165, 1.54) is 12.1 Å². The first-order chi connectivity index (χ1) is 14.6. The number of hydrogen-bond acceptors (Lipinski definition) is 4. The molecular weight excluding hydrogens is 381 g/mol. The van der Waals surface area contributed by atoms with Crippen LogP contribution in [-0.2, 0) is 13.1 Å². The molecule has 2 aromatic heterocycles. The lowest BCUT2D eigenvalue weighted by atomic mass is 10.1. The molecule has 0 atom stereocenters. The summed E-state index contributed by atoms with van der Waals surface area (Å²) in [7, 11) is 0. The zero-order chi connectivity index (χ0) is 20.9. The highest BCUT2D eigenvalue weighted by molar-refractivity contribution is 5.92. The monoisotopic (exact) mass is 401 g/mol. The molecule has 4 aromatic rings. The van der Waals surface area contributed by atoms with Gasteiger partial charge in [0, 0.05) is 23.9 Å². The van der Waals surface area contributed by atoms with Gasteiger partial charge in [-0.1, -0.05) is 41.6 Å². The zero-order valence-corrected chi connectivity index (χ0v) is 16.5. The second-order valence-corrected chi connectivity index (χ2v) is 7.00. The summed E-state index contributed by atoms with van der Waals surface area (Å²) in [4.78, 5) is 19.4. The summed E-state index contributed by atoms with van der Waals surface area (Å²) in [6.45, 7) is 2.65. The van der Waals surface area contributed by atoms with Gasteiger partial charge in [-0.15, -0.1) is 0 Å². The van der Waals surface area contributed by atoms with E-state index in [9.17, 15) is 9.18 Å². The Bertz CT molecular complexity index is 1140. The van der Waals surface area contributed by atoms with Crippen LogP contribution in [0.2, 0.25) is 0 Å². The van der Waals surface area contributed by atoms with Crippen LogP contribution in [0.25, 0.3) is 11.3 Å². The van der Waals surface area contributed by atoms with Crippen LogP contribution in [0.4, 0.5) is 4.39 Å². The molecule has 0 saturated heterocycles. The van der Waals surface area contributed by atoms with Crippen molar-refractivity contribution in [2.45, 2.75) is 20.0 Å². The predicted molar refractivity (Wildman–Crippen MR) is 111 cm³/mol. The van der Waals surface area contributed by atoms with Crippen molar-refractivity contribution in [3.63, 3.8) is 0 Å². The molecule has 2 heterocycles. The first-order valence-electron chi connectivity index (χ1n) is 9.57. The van der Waals surface area contributed by atoms with Crippen LogP contribution in [0.15, 0.2) is 83.4 Å². The minimum absolute atomic E-state index is 0.123. The first-order valence-corrected chi connectivity index (χ1v) is 9.57. The number of amides is 1. The van der Waals surface area contributed by atoms with Crippen LogP contribution < -0.4 is 0 Å². The van der Waals surface area contributed by atoms with E-state index in [4.69, 9.17) is 4.52 Å². The minimum Gasteiger partial charge on any atom is -0.350 e. The van der Waals surface area contributed by atoms with Crippen LogP contribution >= 0.6 is 0 Å². The molecule has 0 fully saturated rings. The molecule has 30 heavy (non-hydrogen) atoms. The van der Waals surface area contributed by atoms with Crippen LogP contribution in [-0.4, -0.2) is 20.9 Å². The SMILES string of the molecule is Cc1cccc(CN(Cc2ccccc2)C(=O)c2cc(-c3ccc(F)cc3)no2)n1. The maximum Gasteiger partial charge on any atom is 0.293 e. The summed E-state index contributed by atoms with van der Waals surface area (Å²) in [6.07, 6.45) is 0. The van der Waals surface area contributed by atoms with Gasteiger partial charge in [0.05, 0.1) is 12.2 Å². The van der Waals surface area contributed by atoms with Crippen LogP contribution in [0.1, 0.15) is 27.5 Å². The second-order valence-electron chi connectivity index (χ2n) is 7.00. The summed E-state index contributed by atoms with van der Waals surface area (Å²) in [5.41, 5.74) is 3.83. The van der Waals surface area contributed by atoms with E-state index in [-0.39, 0.29) is 17.5 Å². The van der Waals surface area contributed by atoms with Gasteiger partial charge in [-0.05, 0) is 48.9 Å². The van der Waals surface area contributed by atoms with E-state index >= 15 is 0 Å². The lowest BCUT2D eigenvalue weighted by Gasteiger charge is -2.21. The molecule has 0 unspecified atom stereocenters. The fraction of sp³-hybridized carbons (Fsp3) is 0.125. The number of carbonyl (C=O) groups is 1. The summed E-state index contributed by atoms with van der Waals surface area (Å²) in [5, 5.41) is 3.99. The fourth-order valence-corrected chi connectivity index (χ4v) is 3.17. The Morgan fingerprint density at radius 2 is 1.73 bits per heavy atom. The number of pyridine rings is 1. The average molecular weight is 401 g/mol. The molecule has 2 aromatic carbocycles. The number of aryl methyl sites for hydroxylation is 1. The van der Waals surface area contributed by atoms with Crippen molar-refractivity contribution in [1.82, 2.24) is 15.0 Å². The molecule has 1 amide bonds. The molecule has 6 heteroatoms. The normalized spacial score (nSPS) is 10.7. The number of rotatable bonds is 6. The third kappa shape index (κ3) is 4.60. The molecule has 0 aliphatic carbocycles. The van der Waals surface area contributed by atoms with Crippen LogP contribution in [0.3, 0.4) is 0 Å². The minimum atomic E-state index is -0.335. The van der Waals surface area contributed by atoms with Crippen LogP contribution in [0, 0.1) is 12.7 Å². The maximum atomic E-state index is 13.2. The van der Waals surface area contributed by atoms with Crippen molar-refractivity contribution in [3.05, 3.63) is 107 Å². The van der Waals surface area contributed by atoms with Gasteiger partial charge in [-0.3, -0.25) is 9.78 Å². The van der Waals surface area contributed by atoms with Crippen molar-refractivity contribution >= 4 is 5.91 Å². The van der Waals surface area contributed by atoms with Crippen molar-refractivity contribution in [2.75, 3.05) is 0 Å². The van der Waals surface area contributed by atoms with E-state index in [0.717, 1.165) is 17.0 Å². The molecule has 0 spiro atoms. The smallest absolute Gasteiger partial charge is 0.293 e. The van der Waals surface area contributed by atoms with Crippen LogP contribution in [0.5, 0.6) is 0 Å². The van der Waals surface area contributed by atoms with Gasteiger partial charge in [-0.25, -0.2) is 4.39 Å². The standard InChI is InChI=1S/C24H20FN3O2/c1-17-6-5-9-21(26-17)16-28(15-18-7-3-2-4-8-18)24(29)23-14-22(27-30-23)19-10-12-20(25)13-11-19/h2-14H,15-16H2,1H3. The quantitative estimate of drug-likeness (QED) is 0.455.